The van der Waals surface area contributed by atoms with Crippen LogP contribution in [0.25, 0.3) is 0 Å². The second-order valence-electron chi connectivity index (χ2n) is 5.43. The molecule has 1 heteroatoms. The molecule has 0 rings (SSSR count). The first-order chi connectivity index (χ1) is 7.02. The van der Waals surface area contributed by atoms with E-state index in [0.717, 1.165) is 12.5 Å². The lowest BCUT2D eigenvalue weighted by atomic mass is 9.78. The molecule has 1 N–H and O–H groups in total. The van der Waals surface area contributed by atoms with Gasteiger partial charge < -0.3 is 5.32 Å². The molecule has 0 aromatic heterocycles. The predicted molar refractivity (Wildman–Crippen MR) is 70.2 cm³/mol. The second-order valence-corrected chi connectivity index (χ2v) is 5.43. The van der Waals surface area contributed by atoms with E-state index >= 15 is 0 Å². The Morgan fingerprint density at radius 2 is 1.93 bits per heavy atom. The van der Waals surface area contributed by atoms with Crippen LogP contribution in [0, 0.1) is 11.3 Å². The Morgan fingerprint density at radius 3 is 2.40 bits per heavy atom. The Labute approximate surface area is 96.3 Å². The van der Waals surface area contributed by atoms with E-state index in [1.807, 2.05) is 0 Å². The Bertz CT molecular complexity index is 165. The van der Waals surface area contributed by atoms with Crippen LogP contribution in [0.3, 0.4) is 0 Å². The zero-order chi connectivity index (χ0) is 11.7. The highest BCUT2D eigenvalue weighted by molar-refractivity contribution is 4.86. The van der Waals surface area contributed by atoms with E-state index in [1.54, 1.807) is 0 Å². The van der Waals surface area contributed by atoms with Crippen LogP contribution < -0.4 is 5.32 Å². The van der Waals surface area contributed by atoms with E-state index in [-0.39, 0.29) is 0 Å². The fraction of sp³-hybridized carbons (Fsp3) is 0.857. The van der Waals surface area contributed by atoms with E-state index in [1.165, 1.54) is 25.8 Å². The molecule has 0 bridgehead atoms. The minimum absolute atomic E-state index is 0.402. The molecule has 0 fully saturated rings. The molecule has 0 saturated heterocycles. The van der Waals surface area contributed by atoms with Crippen molar-refractivity contribution in [2.24, 2.45) is 11.3 Å². The van der Waals surface area contributed by atoms with Crippen LogP contribution in [0.2, 0.25) is 0 Å². The standard InChI is InChI=1S/C14H29N/c1-6-8-10-13(14(3,4)5)12-15-11-9-7-2/h6,8,13,15H,7,9-12H2,1-5H3/b8-6-. The van der Waals surface area contributed by atoms with Crippen LogP contribution in [-0.4, -0.2) is 13.1 Å². The van der Waals surface area contributed by atoms with E-state index in [4.69, 9.17) is 0 Å². The lowest BCUT2D eigenvalue weighted by Crippen LogP contribution is -2.32. The maximum Gasteiger partial charge on any atom is -0.00125 e. The van der Waals surface area contributed by atoms with Crippen molar-refractivity contribution in [1.82, 2.24) is 5.32 Å². The summed E-state index contributed by atoms with van der Waals surface area (Å²) in [7, 11) is 0. The van der Waals surface area contributed by atoms with Gasteiger partial charge in [0.2, 0.25) is 0 Å². The molecule has 0 radical (unpaired) electrons. The molecular weight excluding hydrogens is 182 g/mol. The first-order valence-corrected chi connectivity index (χ1v) is 6.34. The zero-order valence-corrected chi connectivity index (χ0v) is 11.3. The van der Waals surface area contributed by atoms with Crippen LogP contribution >= 0.6 is 0 Å². The van der Waals surface area contributed by atoms with Crippen molar-refractivity contribution in [2.45, 2.75) is 53.9 Å². The minimum atomic E-state index is 0.402. The lowest BCUT2D eigenvalue weighted by molar-refractivity contribution is 0.234. The van der Waals surface area contributed by atoms with Gasteiger partial charge in [-0.15, -0.1) is 0 Å². The molecular formula is C14H29N. The average Bonchev–Trinajstić information content (AvgIpc) is 2.15. The number of nitrogens with one attached hydrogen (secondary N) is 1. The van der Waals surface area contributed by atoms with Crippen molar-refractivity contribution < 1.29 is 0 Å². The van der Waals surface area contributed by atoms with Crippen molar-refractivity contribution in [3.63, 3.8) is 0 Å². The smallest absolute Gasteiger partial charge is 0.00125 e. The molecule has 1 nitrogen and oxygen atoms in total. The van der Waals surface area contributed by atoms with E-state index in [9.17, 15) is 0 Å². The predicted octanol–water partition coefficient (Wildman–Crippen LogP) is 4.00. The van der Waals surface area contributed by atoms with E-state index in [2.05, 4.69) is 52.1 Å². The molecule has 0 heterocycles. The summed E-state index contributed by atoms with van der Waals surface area (Å²) in [5.74, 6) is 0.741. The van der Waals surface area contributed by atoms with Crippen molar-refractivity contribution in [2.75, 3.05) is 13.1 Å². The van der Waals surface area contributed by atoms with Gasteiger partial charge in [-0.3, -0.25) is 0 Å². The Kier molecular flexibility index (Phi) is 7.76. The SMILES string of the molecule is C/C=C\CC(CNCCCC)C(C)(C)C. The first-order valence-electron chi connectivity index (χ1n) is 6.34. The molecule has 0 amide bonds. The van der Waals surface area contributed by atoms with Gasteiger partial charge in [-0.1, -0.05) is 46.3 Å². The Morgan fingerprint density at radius 1 is 1.27 bits per heavy atom. The average molecular weight is 211 g/mol. The molecule has 0 aromatic carbocycles. The van der Waals surface area contributed by atoms with Crippen molar-refractivity contribution in [3.05, 3.63) is 12.2 Å². The largest absolute Gasteiger partial charge is 0.316 e. The summed E-state index contributed by atoms with van der Waals surface area (Å²) in [6.45, 7) is 13.7. The summed E-state index contributed by atoms with van der Waals surface area (Å²) in [5.41, 5.74) is 0.402. The van der Waals surface area contributed by atoms with E-state index in [0.29, 0.717) is 5.41 Å². The van der Waals surface area contributed by atoms with Crippen LogP contribution in [0.1, 0.15) is 53.9 Å². The monoisotopic (exact) mass is 211 g/mol. The van der Waals surface area contributed by atoms with Crippen LogP contribution in [0.15, 0.2) is 12.2 Å². The van der Waals surface area contributed by atoms with Gasteiger partial charge in [0.05, 0.1) is 0 Å². The molecule has 0 aromatic rings. The number of hydrogen-bond donors (Lipinski definition) is 1. The van der Waals surface area contributed by atoms with Crippen LogP contribution in [-0.2, 0) is 0 Å². The molecule has 1 unspecified atom stereocenters. The van der Waals surface area contributed by atoms with Gasteiger partial charge in [0.25, 0.3) is 0 Å². The normalized spacial score (nSPS) is 14.7. The molecule has 0 aliphatic carbocycles. The second kappa shape index (κ2) is 7.92. The first kappa shape index (κ1) is 14.7. The topological polar surface area (TPSA) is 12.0 Å². The van der Waals surface area contributed by atoms with Gasteiger partial charge in [-0.25, -0.2) is 0 Å². The summed E-state index contributed by atoms with van der Waals surface area (Å²) < 4.78 is 0. The van der Waals surface area contributed by atoms with Gasteiger partial charge in [0, 0.05) is 0 Å². The summed E-state index contributed by atoms with van der Waals surface area (Å²) in [4.78, 5) is 0. The maximum atomic E-state index is 3.57. The third-order valence-electron chi connectivity index (χ3n) is 2.98. The summed E-state index contributed by atoms with van der Waals surface area (Å²) in [6, 6.07) is 0. The maximum absolute atomic E-state index is 3.57. The molecule has 15 heavy (non-hydrogen) atoms. The van der Waals surface area contributed by atoms with Crippen molar-refractivity contribution >= 4 is 0 Å². The van der Waals surface area contributed by atoms with Gasteiger partial charge in [-0.05, 0) is 44.2 Å². The van der Waals surface area contributed by atoms with Gasteiger partial charge in [0.15, 0.2) is 0 Å². The Balaban J connectivity index is 3.91. The van der Waals surface area contributed by atoms with Gasteiger partial charge in [-0.2, -0.15) is 0 Å². The lowest BCUT2D eigenvalue weighted by Gasteiger charge is -2.30. The number of unbranched alkanes of at least 4 members (excludes halogenated alkanes) is 1. The third kappa shape index (κ3) is 7.61. The minimum Gasteiger partial charge on any atom is -0.316 e. The number of hydrogen-bond acceptors (Lipinski definition) is 1. The highest BCUT2D eigenvalue weighted by Crippen LogP contribution is 2.28. The molecule has 0 aliphatic rings. The van der Waals surface area contributed by atoms with Gasteiger partial charge >= 0.3 is 0 Å². The molecule has 0 saturated carbocycles. The zero-order valence-electron chi connectivity index (χ0n) is 11.3. The van der Waals surface area contributed by atoms with Crippen molar-refractivity contribution in [3.8, 4) is 0 Å². The quantitative estimate of drug-likeness (QED) is 0.496. The van der Waals surface area contributed by atoms with Gasteiger partial charge in [0.1, 0.15) is 0 Å². The van der Waals surface area contributed by atoms with E-state index < -0.39 is 0 Å². The summed E-state index contributed by atoms with van der Waals surface area (Å²) in [6.07, 6.45) is 8.21. The summed E-state index contributed by atoms with van der Waals surface area (Å²) >= 11 is 0. The number of rotatable bonds is 7. The molecule has 1 atom stereocenters. The molecule has 0 spiro atoms. The van der Waals surface area contributed by atoms with Crippen molar-refractivity contribution in [1.29, 1.82) is 0 Å². The highest BCUT2D eigenvalue weighted by atomic mass is 14.9. The fourth-order valence-corrected chi connectivity index (χ4v) is 1.62. The Hall–Kier alpha value is -0.300. The molecule has 0 aliphatic heterocycles. The van der Waals surface area contributed by atoms with Crippen LogP contribution in [0.4, 0.5) is 0 Å². The highest BCUT2D eigenvalue weighted by Gasteiger charge is 2.22. The van der Waals surface area contributed by atoms with Crippen LogP contribution in [0.5, 0.6) is 0 Å². The molecule has 90 valence electrons. The summed E-state index contributed by atoms with van der Waals surface area (Å²) in [5, 5.41) is 3.57. The number of allylic oxidation sites excluding steroid dienone is 2. The fourth-order valence-electron chi connectivity index (χ4n) is 1.62. The third-order valence-corrected chi connectivity index (χ3v) is 2.98.